The van der Waals surface area contributed by atoms with Crippen LogP contribution in [0.15, 0.2) is 29.6 Å². The summed E-state index contributed by atoms with van der Waals surface area (Å²) < 4.78 is 23.1. The summed E-state index contributed by atoms with van der Waals surface area (Å²) in [6.07, 6.45) is 4.53. The fourth-order valence-electron chi connectivity index (χ4n) is 4.09. The van der Waals surface area contributed by atoms with Gasteiger partial charge in [0.15, 0.2) is 15.4 Å². The lowest BCUT2D eigenvalue weighted by Crippen LogP contribution is -2.49. The average molecular weight is 392 g/mol. The molecule has 1 spiro atoms. The van der Waals surface area contributed by atoms with E-state index in [1.807, 2.05) is 18.2 Å². The van der Waals surface area contributed by atoms with Crippen LogP contribution < -0.4 is 5.32 Å². The van der Waals surface area contributed by atoms with Crippen molar-refractivity contribution in [1.82, 2.24) is 15.2 Å². The summed E-state index contributed by atoms with van der Waals surface area (Å²) in [5, 5.41) is 6.84. The van der Waals surface area contributed by atoms with Crippen LogP contribution in [-0.4, -0.2) is 66.2 Å². The van der Waals surface area contributed by atoms with Crippen molar-refractivity contribution in [3.8, 4) is 0 Å². The molecule has 0 unspecified atom stereocenters. The summed E-state index contributed by atoms with van der Waals surface area (Å²) >= 11 is 0. The number of oxime groups is 1. The number of rotatable bonds is 4. The number of pyridine rings is 1. The van der Waals surface area contributed by atoms with Crippen molar-refractivity contribution in [2.45, 2.75) is 43.9 Å². The first kappa shape index (κ1) is 18.4. The molecular weight excluding hydrogens is 368 g/mol. The second-order valence-corrected chi connectivity index (χ2v) is 9.93. The van der Waals surface area contributed by atoms with Crippen LogP contribution in [0.5, 0.6) is 0 Å². The Kier molecular flexibility index (Phi) is 4.90. The molecule has 0 radical (unpaired) electrons. The van der Waals surface area contributed by atoms with Crippen molar-refractivity contribution in [3.05, 3.63) is 30.1 Å². The Labute approximate surface area is 158 Å². The lowest BCUT2D eigenvalue weighted by atomic mass is 9.88. The molecule has 0 aromatic carbocycles. The van der Waals surface area contributed by atoms with Gasteiger partial charge in [0.25, 0.3) is 5.91 Å². The average Bonchev–Trinajstić information content (AvgIpc) is 3.19. The minimum Gasteiger partial charge on any atom is -0.387 e. The van der Waals surface area contributed by atoms with Gasteiger partial charge >= 0.3 is 0 Å². The lowest BCUT2D eigenvalue weighted by molar-refractivity contribution is -0.115. The van der Waals surface area contributed by atoms with E-state index in [0.29, 0.717) is 25.1 Å². The van der Waals surface area contributed by atoms with Gasteiger partial charge in [-0.05, 0) is 37.9 Å². The Morgan fingerprint density at radius 3 is 3.04 bits per heavy atom. The normalized spacial score (nSPS) is 30.1. The molecule has 4 rings (SSSR count). The Bertz CT molecular complexity index is 842. The monoisotopic (exact) mass is 392 g/mol. The van der Waals surface area contributed by atoms with Gasteiger partial charge in [0.1, 0.15) is 5.71 Å². The van der Waals surface area contributed by atoms with E-state index in [9.17, 15) is 13.2 Å². The first-order valence-electron chi connectivity index (χ1n) is 9.32. The molecule has 1 aromatic rings. The largest absolute Gasteiger partial charge is 0.387 e. The van der Waals surface area contributed by atoms with Gasteiger partial charge in [-0.2, -0.15) is 0 Å². The number of likely N-dealkylation sites (tertiary alicyclic amines) is 1. The Hall–Kier alpha value is -2.00. The number of sulfone groups is 1. The molecule has 1 amide bonds. The summed E-state index contributed by atoms with van der Waals surface area (Å²) in [4.78, 5) is 24.9. The van der Waals surface area contributed by atoms with Crippen molar-refractivity contribution >= 4 is 21.5 Å². The van der Waals surface area contributed by atoms with Gasteiger partial charge in [0.05, 0.1) is 17.2 Å². The highest BCUT2D eigenvalue weighted by atomic mass is 32.2. The van der Waals surface area contributed by atoms with E-state index in [1.54, 1.807) is 6.20 Å². The topological polar surface area (TPSA) is 101 Å². The number of nitrogens with one attached hydrogen (secondary N) is 1. The minimum atomic E-state index is -3.03. The first-order chi connectivity index (χ1) is 12.9. The quantitative estimate of drug-likeness (QED) is 0.801. The number of amides is 1. The molecule has 1 aromatic heterocycles. The van der Waals surface area contributed by atoms with Crippen molar-refractivity contribution in [1.29, 1.82) is 0 Å². The van der Waals surface area contributed by atoms with Crippen LogP contribution >= 0.6 is 0 Å². The highest BCUT2D eigenvalue weighted by Crippen LogP contribution is 2.34. The number of piperidine rings is 1. The Morgan fingerprint density at radius 1 is 1.41 bits per heavy atom. The number of carbonyl (C=O) groups excluding carboxylic acids is 1. The van der Waals surface area contributed by atoms with E-state index in [4.69, 9.17) is 4.84 Å². The van der Waals surface area contributed by atoms with Gasteiger partial charge in [-0.15, -0.1) is 0 Å². The number of hydrogen-bond acceptors (Lipinski definition) is 7. The van der Waals surface area contributed by atoms with Gasteiger partial charge in [-0.25, -0.2) is 8.42 Å². The minimum absolute atomic E-state index is 0.00980. The number of hydrogen-bond donors (Lipinski definition) is 1. The van der Waals surface area contributed by atoms with Crippen LogP contribution in [0.1, 0.15) is 31.4 Å². The third kappa shape index (κ3) is 4.30. The van der Waals surface area contributed by atoms with Gasteiger partial charge < -0.3 is 10.2 Å². The van der Waals surface area contributed by atoms with E-state index < -0.39 is 15.4 Å². The number of nitrogens with zero attached hydrogens (tertiary/aromatic N) is 3. The van der Waals surface area contributed by atoms with E-state index >= 15 is 0 Å². The Balaban J connectivity index is 1.34. The summed E-state index contributed by atoms with van der Waals surface area (Å²) in [7, 11) is -3.03. The zero-order valence-corrected chi connectivity index (χ0v) is 16.0. The molecule has 2 saturated heterocycles. The van der Waals surface area contributed by atoms with E-state index in [0.717, 1.165) is 31.6 Å². The maximum atomic E-state index is 12.5. The van der Waals surface area contributed by atoms with Crippen molar-refractivity contribution in [2.24, 2.45) is 5.16 Å². The van der Waals surface area contributed by atoms with Crippen LogP contribution in [0, 0.1) is 0 Å². The molecule has 3 aliphatic rings. The molecule has 3 aliphatic heterocycles. The molecule has 0 aliphatic carbocycles. The van der Waals surface area contributed by atoms with E-state index in [2.05, 4.69) is 20.4 Å². The summed E-state index contributed by atoms with van der Waals surface area (Å²) in [5.41, 5.74) is 0.898. The third-order valence-corrected chi connectivity index (χ3v) is 7.17. The van der Waals surface area contributed by atoms with Gasteiger partial charge in [-0.1, -0.05) is 11.2 Å². The summed E-state index contributed by atoms with van der Waals surface area (Å²) in [5.74, 6) is -0.167. The van der Waals surface area contributed by atoms with E-state index in [1.165, 1.54) is 0 Å². The van der Waals surface area contributed by atoms with Crippen LogP contribution in [0.25, 0.3) is 0 Å². The predicted molar refractivity (Wildman–Crippen MR) is 99.8 cm³/mol. The molecular formula is C18H24N4O4S. The Morgan fingerprint density at radius 2 is 2.30 bits per heavy atom. The molecule has 27 heavy (non-hydrogen) atoms. The molecule has 1 N–H and O–H groups in total. The van der Waals surface area contributed by atoms with Crippen LogP contribution in [0.4, 0.5) is 0 Å². The third-order valence-electron chi connectivity index (χ3n) is 5.40. The van der Waals surface area contributed by atoms with Crippen LogP contribution in [-0.2, 0) is 26.0 Å². The van der Waals surface area contributed by atoms with Crippen molar-refractivity contribution < 1.29 is 18.0 Å². The summed E-state index contributed by atoms with van der Waals surface area (Å²) in [6.45, 7) is 2.40. The maximum Gasteiger partial charge on any atom is 0.269 e. The summed E-state index contributed by atoms with van der Waals surface area (Å²) in [6, 6.07) is 5.55. The zero-order valence-electron chi connectivity index (χ0n) is 15.1. The highest BCUT2D eigenvalue weighted by Gasteiger charge is 2.45. The first-order valence-corrected chi connectivity index (χ1v) is 11.1. The molecule has 4 heterocycles. The highest BCUT2D eigenvalue weighted by molar-refractivity contribution is 7.91. The number of carbonyl (C=O) groups is 1. The predicted octanol–water partition coefficient (Wildman–Crippen LogP) is 0.496. The molecule has 0 saturated carbocycles. The zero-order chi connectivity index (χ0) is 18.9. The molecule has 0 bridgehead atoms. The maximum absolute atomic E-state index is 12.5. The number of aromatic nitrogens is 1. The van der Waals surface area contributed by atoms with Crippen molar-refractivity contribution in [3.63, 3.8) is 0 Å². The molecule has 9 heteroatoms. The van der Waals surface area contributed by atoms with E-state index in [-0.39, 0.29) is 23.5 Å². The van der Waals surface area contributed by atoms with Crippen LogP contribution in [0.3, 0.4) is 0 Å². The standard InChI is InChI=1S/C18H24N4O4S/c23-17(20-15-5-9-27(24,25)12-15)16-10-18(26-21-16)6-3-8-22(13-18)11-14-4-1-2-7-19-14/h1-2,4,7,15H,3,5-6,8-13H2,(H,20,23)/t15-,18-/m1/s1. The SMILES string of the molecule is O=C(N[C@@H]1CCS(=O)(=O)C1)C1=NO[C@]2(CCCN(Cc3ccccn3)C2)C1. The lowest BCUT2D eigenvalue weighted by Gasteiger charge is -2.38. The molecule has 8 nitrogen and oxygen atoms in total. The second kappa shape index (κ2) is 7.20. The fourth-order valence-corrected chi connectivity index (χ4v) is 5.76. The van der Waals surface area contributed by atoms with Crippen LogP contribution in [0.2, 0.25) is 0 Å². The molecule has 146 valence electrons. The van der Waals surface area contributed by atoms with Gasteiger partial charge in [-0.3, -0.25) is 14.7 Å². The second-order valence-electron chi connectivity index (χ2n) is 7.70. The van der Waals surface area contributed by atoms with Crippen molar-refractivity contribution in [2.75, 3.05) is 24.6 Å². The molecule has 2 atom stereocenters. The fraction of sp³-hybridized carbons (Fsp3) is 0.611. The van der Waals surface area contributed by atoms with Gasteiger partial charge in [0, 0.05) is 31.7 Å². The smallest absolute Gasteiger partial charge is 0.269 e. The molecule has 2 fully saturated rings. The van der Waals surface area contributed by atoms with Gasteiger partial charge in [0.2, 0.25) is 0 Å².